The van der Waals surface area contributed by atoms with E-state index in [0.29, 0.717) is 23.8 Å². The molecule has 1 aromatic carbocycles. The SMILES string of the molecule is Cc1cc(Br)cnc1Oc1ccc2c(c1)OC(C(=O)O)C2. The normalized spacial score (nSPS) is 16.2. The molecule has 2 heterocycles. The van der Waals surface area contributed by atoms with Crippen LogP contribution >= 0.6 is 15.9 Å². The first-order valence-corrected chi connectivity index (χ1v) is 7.14. The van der Waals surface area contributed by atoms with Gasteiger partial charge in [-0.25, -0.2) is 9.78 Å². The first kappa shape index (κ1) is 13.9. The number of hydrogen-bond acceptors (Lipinski definition) is 4. The van der Waals surface area contributed by atoms with E-state index in [1.165, 1.54) is 0 Å². The highest BCUT2D eigenvalue weighted by molar-refractivity contribution is 9.10. The van der Waals surface area contributed by atoms with Gasteiger partial charge in [-0.2, -0.15) is 0 Å². The molecule has 5 nitrogen and oxygen atoms in total. The van der Waals surface area contributed by atoms with E-state index < -0.39 is 12.1 Å². The van der Waals surface area contributed by atoms with Crippen LogP contribution < -0.4 is 9.47 Å². The van der Waals surface area contributed by atoms with Crippen LogP contribution in [0.5, 0.6) is 17.4 Å². The van der Waals surface area contributed by atoms with Crippen molar-refractivity contribution < 1.29 is 19.4 Å². The molecular formula is C15H12BrNO4. The predicted molar refractivity (Wildman–Crippen MR) is 78.9 cm³/mol. The highest BCUT2D eigenvalue weighted by Gasteiger charge is 2.29. The molecule has 21 heavy (non-hydrogen) atoms. The zero-order chi connectivity index (χ0) is 15.0. The molecule has 2 aromatic rings. The highest BCUT2D eigenvalue weighted by atomic mass is 79.9. The lowest BCUT2D eigenvalue weighted by Gasteiger charge is -2.09. The average Bonchev–Trinajstić information content (AvgIpc) is 2.85. The molecule has 0 saturated carbocycles. The van der Waals surface area contributed by atoms with E-state index in [2.05, 4.69) is 20.9 Å². The van der Waals surface area contributed by atoms with E-state index in [0.717, 1.165) is 15.6 Å². The van der Waals surface area contributed by atoms with Crippen LogP contribution in [0.3, 0.4) is 0 Å². The number of carboxylic acids is 1. The summed E-state index contributed by atoms with van der Waals surface area (Å²) in [4.78, 5) is 15.2. The van der Waals surface area contributed by atoms with Crippen LogP contribution in [-0.4, -0.2) is 22.2 Å². The Hall–Kier alpha value is -2.08. The molecule has 0 aliphatic carbocycles. The molecule has 1 unspecified atom stereocenters. The van der Waals surface area contributed by atoms with Gasteiger partial charge < -0.3 is 14.6 Å². The van der Waals surface area contributed by atoms with Crippen molar-refractivity contribution in [3.8, 4) is 17.4 Å². The summed E-state index contributed by atoms with van der Waals surface area (Å²) in [6.45, 7) is 1.90. The number of benzene rings is 1. The van der Waals surface area contributed by atoms with Gasteiger partial charge in [0.15, 0.2) is 6.10 Å². The topological polar surface area (TPSA) is 68.7 Å². The summed E-state index contributed by atoms with van der Waals surface area (Å²) in [6.07, 6.45) is 1.22. The fourth-order valence-corrected chi connectivity index (χ4v) is 2.60. The average molecular weight is 350 g/mol. The summed E-state index contributed by atoms with van der Waals surface area (Å²) in [6, 6.07) is 7.21. The minimum Gasteiger partial charge on any atom is -0.478 e. The first-order chi connectivity index (χ1) is 10.0. The third-order valence-corrected chi connectivity index (χ3v) is 3.63. The Labute approximate surface area is 129 Å². The number of hydrogen-bond donors (Lipinski definition) is 1. The summed E-state index contributed by atoms with van der Waals surface area (Å²) >= 11 is 3.35. The van der Waals surface area contributed by atoms with Crippen LogP contribution in [0.15, 0.2) is 34.9 Å². The summed E-state index contributed by atoms with van der Waals surface area (Å²) < 4.78 is 12.0. The van der Waals surface area contributed by atoms with Crippen LogP contribution in [0, 0.1) is 6.92 Å². The number of carboxylic acid groups (broad SMARTS) is 1. The fourth-order valence-electron chi connectivity index (χ4n) is 2.16. The van der Waals surface area contributed by atoms with Crippen molar-refractivity contribution in [3.05, 3.63) is 46.1 Å². The molecule has 108 valence electrons. The van der Waals surface area contributed by atoms with E-state index in [-0.39, 0.29) is 0 Å². The number of ether oxygens (including phenoxy) is 2. The molecule has 3 rings (SSSR count). The minimum absolute atomic E-state index is 0.376. The second-order valence-electron chi connectivity index (χ2n) is 4.80. The minimum atomic E-state index is -0.959. The molecular weight excluding hydrogens is 338 g/mol. The van der Waals surface area contributed by atoms with E-state index in [1.807, 2.05) is 19.1 Å². The summed E-state index contributed by atoms with van der Waals surface area (Å²) in [5, 5.41) is 8.98. The second-order valence-corrected chi connectivity index (χ2v) is 5.71. The number of carbonyl (C=O) groups is 1. The lowest BCUT2D eigenvalue weighted by Crippen LogP contribution is -2.24. The monoisotopic (exact) mass is 349 g/mol. The molecule has 0 radical (unpaired) electrons. The van der Waals surface area contributed by atoms with Gasteiger partial charge in [0.05, 0.1) is 0 Å². The third-order valence-electron chi connectivity index (χ3n) is 3.20. The molecule has 1 N–H and O–H groups in total. The Morgan fingerprint density at radius 2 is 2.29 bits per heavy atom. The number of nitrogens with zero attached hydrogens (tertiary/aromatic N) is 1. The smallest absolute Gasteiger partial charge is 0.345 e. The number of fused-ring (bicyclic) bond motifs is 1. The molecule has 1 aromatic heterocycles. The maximum absolute atomic E-state index is 11.0. The van der Waals surface area contributed by atoms with Gasteiger partial charge in [-0.3, -0.25) is 0 Å². The predicted octanol–water partition coefficient (Wildman–Crippen LogP) is 3.33. The Morgan fingerprint density at radius 3 is 3.00 bits per heavy atom. The lowest BCUT2D eigenvalue weighted by molar-refractivity contribution is -0.144. The van der Waals surface area contributed by atoms with E-state index in [1.54, 1.807) is 18.3 Å². The van der Waals surface area contributed by atoms with Crippen LogP contribution in [-0.2, 0) is 11.2 Å². The third kappa shape index (κ3) is 2.85. The maximum atomic E-state index is 11.0. The standard InChI is InChI=1S/C15H12BrNO4/c1-8-4-10(16)7-17-14(8)20-11-3-2-9-5-13(15(18)19)21-12(9)6-11/h2-4,6-7,13H,5H2,1H3,(H,18,19). The number of aliphatic carboxylic acids is 1. The van der Waals surface area contributed by atoms with E-state index >= 15 is 0 Å². The van der Waals surface area contributed by atoms with Gasteiger partial charge in [0, 0.05) is 28.7 Å². The van der Waals surface area contributed by atoms with Crippen molar-refractivity contribution in [1.29, 1.82) is 0 Å². The Bertz CT molecular complexity index is 717. The summed E-state index contributed by atoms with van der Waals surface area (Å²) in [7, 11) is 0. The molecule has 1 aliphatic rings. The molecule has 6 heteroatoms. The van der Waals surface area contributed by atoms with Gasteiger partial charge in [0.25, 0.3) is 0 Å². The van der Waals surface area contributed by atoms with E-state index in [9.17, 15) is 4.79 Å². The van der Waals surface area contributed by atoms with Gasteiger partial charge in [-0.1, -0.05) is 6.07 Å². The number of pyridine rings is 1. The molecule has 1 atom stereocenters. The van der Waals surface area contributed by atoms with Crippen molar-refractivity contribution in [2.24, 2.45) is 0 Å². The Balaban J connectivity index is 1.83. The Morgan fingerprint density at radius 1 is 1.48 bits per heavy atom. The van der Waals surface area contributed by atoms with Gasteiger partial charge in [0.2, 0.25) is 5.88 Å². The lowest BCUT2D eigenvalue weighted by atomic mass is 10.1. The summed E-state index contributed by atoms with van der Waals surface area (Å²) in [5.74, 6) is 0.664. The summed E-state index contributed by atoms with van der Waals surface area (Å²) in [5.41, 5.74) is 1.77. The molecule has 0 bridgehead atoms. The van der Waals surface area contributed by atoms with Crippen molar-refractivity contribution in [2.45, 2.75) is 19.4 Å². The van der Waals surface area contributed by atoms with Crippen LogP contribution in [0.4, 0.5) is 0 Å². The van der Waals surface area contributed by atoms with Gasteiger partial charge >= 0.3 is 5.97 Å². The fraction of sp³-hybridized carbons (Fsp3) is 0.200. The van der Waals surface area contributed by atoms with Crippen LogP contribution in [0.2, 0.25) is 0 Å². The second kappa shape index (κ2) is 5.37. The number of aromatic nitrogens is 1. The Kier molecular flexibility index (Phi) is 3.55. The molecule has 0 spiro atoms. The largest absolute Gasteiger partial charge is 0.478 e. The molecule has 0 amide bonds. The van der Waals surface area contributed by atoms with Gasteiger partial charge in [-0.15, -0.1) is 0 Å². The maximum Gasteiger partial charge on any atom is 0.345 e. The van der Waals surface area contributed by atoms with Crippen molar-refractivity contribution in [1.82, 2.24) is 4.98 Å². The van der Waals surface area contributed by atoms with Crippen LogP contribution in [0.1, 0.15) is 11.1 Å². The van der Waals surface area contributed by atoms with Crippen molar-refractivity contribution >= 4 is 21.9 Å². The zero-order valence-electron chi connectivity index (χ0n) is 11.2. The van der Waals surface area contributed by atoms with Gasteiger partial charge in [0.1, 0.15) is 11.5 Å². The van der Waals surface area contributed by atoms with Crippen molar-refractivity contribution in [2.75, 3.05) is 0 Å². The first-order valence-electron chi connectivity index (χ1n) is 6.35. The van der Waals surface area contributed by atoms with Crippen LogP contribution in [0.25, 0.3) is 0 Å². The van der Waals surface area contributed by atoms with Crippen molar-refractivity contribution in [3.63, 3.8) is 0 Å². The molecule has 0 fully saturated rings. The number of rotatable bonds is 3. The molecule has 1 aliphatic heterocycles. The van der Waals surface area contributed by atoms with E-state index in [4.69, 9.17) is 14.6 Å². The van der Waals surface area contributed by atoms with Gasteiger partial charge in [-0.05, 0) is 40.5 Å². The zero-order valence-corrected chi connectivity index (χ0v) is 12.8. The highest BCUT2D eigenvalue weighted by Crippen LogP contribution is 2.34. The number of halogens is 1. The molecule has 0 saturated heterocycles. The quantitative estimate of drug-likeness (QED) is 0.920. The number of aryl methyl sites for hydroxylation is 1.